The largest absolute Gasteiger partial charge is 0.618 e. The van der Waals surface area contributed by atoms with Crippen molar-refractivity contribution in [2.75, 3.05) is 0 Å². The van der Waals surface area contributed by atoms with E-state index in [2.05, 4.69) is 8.37 Å². The molecule has 0 saturated heterocycles. The number of hydrogen-bond donors (Lipinski definition) is 0. The lowest BCUT2D eigenvalue weighted by atomic mass is 10.1. The molecular formula is C25H13F18N3O9S2. The summed E-state index contributed by atoms with van der Waals surface area (Å²) in [5.74, 6) is -34.5. The number of rotatable bonds is 12. The first-order chi connectivity index (χ1) is 25.2. The summed E-state index contributed by atoms with van der Waals surface area (Å²) >= 11 is 0. The predicted octanol–water partition coefficient (Wildman–Crippen LogP) is 5.81. The Bertz CT molecular complexity index is 2150. The summed E-state index contributed by atoms with van der Waals surface area (Å²) in [5.41, 5.74) is -7.09. The van der Waals surface area contributed by atoms with Crippen LogP contribution in [0, 0.1) is 29.5 Å². The maximum Gasteiger partial charge on any atom is 0.460 e. The lowest BCUT2D eigenvalue weighted by Crippen LogP contribution is -2.63. The van der Waals surface area contributed by atoms with E-state index < -0.39 is 127 Å². The van der Waals surface area contributed by atoms with E-state index in [1.54, 1.807) is 0 Å². The maximum atomic E-state index is 14.2. The zero-order chi connectivity index (χ0) is 44.7. The van der Waals surface area contributed by atoms with E-state index in [0.29, 0.717) is 32.0 Å². The van der Waals surface area contributed by atoms with Gasteiger partial charge in [-0.2, -0.15) is 110 Å². The molecule has 0 spiro atoms. The van der Waals surface area contributed by atoms with E-state index in [4.69, 9.17) is 0 Å². The van der Waals surface area contributed by atoms with E-state index in [1.807, 2.05) is 0 Å². The predicted molar refractivity (Wildman–Crippen MR) is 145 cm³/mol. The van der Waals surface area contributed by atoms with Gasteiger partial charge in [-0.25, -0.2) is 0 Å². The van der Waals surface area contributed by atoms with Crippen molar-refractivity contribution >= 4 is 20.2 Å². The van der Waals surface area contributed by atoms with Crippen molar-refractivity contribution in [2.45, 2.75) is 60.4 Å². The Balaban J connectivity index is 2.17. The molecule has 0 N–H and O–H groups in total. The van der Waals surface area contributed by atoms with Crippen molar-refractivity contribution in [2.24, 2.45) is 0 Å². The lowest BCUT2D eigenvalue weighted by Gasteiger charge is -2.32. The summed E-state index contributed by atoms with van der Waals surface area (Å²) in [4.78, 5) is 0. The summed E-state index contributed by atoms with van der Waals surface area (Å²) in [6, 6.07) is 1.60. The quantitative estimate of drug-likeness (QED) is 0.0944. The van der Waals surface area contributed by atoms with Crippen molar-refractivity contribution < 1.29 is 118 Å². The number of alkyl halides is 18. The highest BCUT2D eigenvalue weighted by atomic mass is 32.2. The number of hydrogen-bond acceptors (Lipinski definition) is 9. The van der Waals surface area contributed by atoms with Gasteiger partial charge in [-0.3, -0.25) is 0 Å². The summed E-state index contributed by atoms with van der Waals surface area (Å²) in [5, 5.41) is 24.1. The molecule has 57 heavy (non-hydrogen) atoms. The molecule has 320 valence electrons. The van der Waals surface area contributed by atoms with Crippen LogP contribution in [0.5, 0.6) is 11.5 Å². The Kier molecular flexibility index (Phi) is 11.1. The van der Waals surface area contributed by atoms with Crippen molar-refractivity contribution in [1.82, 2.24) is 0 Å². The molecule has 0 fully saturated rings. The van der Waals surface area contributed by atoms with Gasteiger partial charge in [-0.15, -0.1) is 0 Å². The molecule has 3 rings (SSSR count). The van der Waals surface area contributed by atoms with Crippen molar-refractivity contribution in [3.8, 4) is 34.3 Å². The third kappa shape index (κ3) is 7.16. The minimum absolute atomic E-state index is 0.0727. The Morgan fingerprint density at radius 2 is 0.737 bits per heavy atom. The van der Waals surface area contributed by atoms with Gasteiger partial charge in [-0.1, -0.05) is 0 Å². The van der Waals surface area contributed by atoms with Crippen LogP contribution in [-0.4, -0.2) is 63.4 Å². The van der Waals surface area contributed by atoms with Crippen molar-refractivity contribution in [3.63, 3.8) is 0 Å². The fourth-order valence-electron chi connectivity index (χ4n) is 4.10. The molecule has 0 atom stereocenters. The van der Waals surface area contributed by atoms with Crippen molar-refractivity contribution in [3.05, 3.63) is 69.5 Å². The van der Waals surface area contributed by atoms with E-state index in [0.717, 1.165) is 0 Å². The van der Waals surface area contributed by atoms with Crippen LogP contribution in [0.25, 0.3) is 22.8 Å². The zero-order valence-corrected chi connectivity index (χ0v) is 28.3. The molecular weight excluding hydrogens is 892 g/mol. The highest BCUT2D eigenvalue weighted by molar-refractivity contribution is 7.88. The average molecular weight is 905 g/mol. The van der Waals surface area contributed by atoms with Crippen LogP contribution in [0.4, 0.5) is 79.0 Å². The Labute approximate surface area is 303 Å². The highest BCUT2D eigenvalue weighted by Gasteiger charge is 2.87. The second-order valence-corrected chi connectivity index (χ2v) is 14.2. The van der Waals surface area contributed by atoms with Gasteiger partial charge in [-0.05, 0) is 6.07 Å². The molecule has 3 heterocycles. The molecule has 0 unspecified atom stereocenters. The Morgan fingerprint density at radius 3 is 1.00 bits per heavy atom. The fourth-order valence-corrected chi connectivity index (χ4v) is 5.89. The normalized spacial score (nSPS) is 14.5. The van der Waals surface area contributed by atoms with Crippen LogP contribution in [0.15, 0.2) is 42.5 Å². The molecule has 0 aliphatic carbocycles. The second kappa shape index (κ2) is 13.6. The monoisotopic (exact) mass is 905 g/mol. The molecule has 0 aliphatic rings. The van der Waals surface area contributed by atoms with Crippen LogP contribution in [0.3, 0.4) is 0 Å². The molecule has 0 amide bonds. The van der Waals surface area contributed by atoms with Crippen LogP contribution >= 0.6 is 0 Å². The van der Waals surface area contributed by atoms with Gasteiger partial charge in [0.2, 0.25) is 0 Å². The first kappa shape index (κ1) is 46.5. The number of aromatic nitrogens is 3. The molecule has 32 heteroatoms. The van der Waals surface area contributed by atoms with Crippen LogP contribution < -0.4 is 22.6 Å². The van der Waals surface area contributed by atoms with Gasteiger partial charge in [0.05, 0.1) is 24.3 Å². The SMILES string of the molecule is Cc1cc(OS(=O)(=O)C(F)(F)C(F)(F)C(F)(F)C(F)(F)F)cc(-c2cccc(-c3cc(OS(=O)(=O)C(F)(F)C(F)(F)C(F)(F)C(F)(F)F)cc(C)[n+]3[O-])[n+]2[O-])[n+]1[O-]. The smallest absolute Gasteiger partial charge is 0.460 e. The minimum Gasteiger partial charge on any atom is -0.618 e. The van der Waals surface area contributed by atoms with E-state index in [9.17, 15) is 111 Å². The van der Waals surface area contributed by atoms with E-state index >= 15 is 0 Å². The molecule has 3 aromatic heterocycles. The molecule has 12 nitrogen and oxygen atoms in total. The van der Waals surface area contributed by atoms with Gasteiger partial charge in [0.1, 0.15) is 0 Å². The fraction of sp³-hybridized carbons (Fsp3) is 0.400. The number of nitrogens with zero attached hydrogens (tertiary/aromatic N) is 3. The summed E-state index contributed by atoms with van der Waals surface area (Å²) in [6.07, 6.45) is -14.9. The molecule has 0 aliphatic heterocycles. The van der Waals surface area contributed by atoms with Crippen LogP contribution in [0.1, 0.15) is 11.4 Å². The van der Waals surface area contributed by atoms with Gasteiger partial charge in [0, 0.05) is 26.0 Å². The van der Waals surface area contributed by atoms with Gasteiger partial charge in [0.15, 0.2) is 22.9 Å². The standard InChI is InChI=1S/C25H13F18N3O9S2/c1-10-6-12(54-56(50,51)24(40,41)20(30,31)18(26,27)22(34,35)36)8-16(44(10)47)14-4-3-5-15(46(14)49)17-9-13(7-11(2)45(17)48)55-57(52,53)25(42,43)21(32,33)19(28,29)23(37,38)39/h3-9H,1-2H3. The lowest BCUT2D eigenvalue weighted by molar-refractivity contribution is -0.637. The Morgan fingerprint density at radius 1 is 0.456 bits per heavy atom. The first-order valence-corrected chi connectivity index (χ1v) is 16.5. The molecule has 0 radical (unpaired) electrons. The number of aryl methyl sites for hydroxylation is 2. The summed E-state index contributed by atoms with van der Waals surface area (Å²) < 4.78 is 294. The summed E-state index contributed by atoms with van der Waals surface area (Å²) in [7, 11) is -15.3. The highest BCUT2D eigenvalue weighted by Crippen LogP contribution is 2.56. The Hall–Kier alpha value is -4.91. The number of halogens is 18. The van der Waals surface area contributed by atoms with Gasteiger partial charge in [0.25, 0.3) is 22.8 Å². The summed E-state index contributed by atoms with van der Waals surface area (Å²) in [6.45, 7) is 1.25. The molecule has 0 aromatic carbocycles. The maximum absolute atomic E-state index is 14.2. The van der Waals surface area contributed by atoms with Gasteiger partial charge >= 0.3 is 66.8 Å². The second-order valence-electron chi connectivity index (χ2n) is 11.0. The van der Waals surface area contributed by atoms with Crippen LogP contribution in [0.2, 0.25) is 0 Å². The molecule has 0 bridgehead atoms. The third-order valence-electron chi connectivity index (χ3n) is 7.08. The van der Waals surface area contributed by atoms with Crippen molar-refractivity contribution in [1.29, 1.82) is 0 Å². The third-order valence-corrected chi connectivity index (χ3v) is 9.67. The number of pyridine rings is 3. The van der Waals surface area contributed by atoms with Gasteiger partial charge < -0.3 is 24.0 Å². The first-order valence-electron chi connectivity index (χ1n) is 13.7. The van der Waals surface area contributed by atoms with E-state index in [-0.39, 0.29) is 24.3 Å². The zero-order valence-electron chi connectivity index (χ0n) is 26.7. The topological polar surface area (TPSA) is 168 Å². The average Bonchev–Trinajstić information content (AvgIpc) is 3.02. The molecule has 3 aromatic rings. The van der Waals surface area contributed by atoms with E-state index in [1.165, 1.54) is 0 Å². The minimum atomic E-state index is -7.77. The molecule has 0 saturated carbocycles. The van der Waals surface area contributed by atoms with Crippen LogP contribution in [-0.2, 0) is 20.2 Å².